The van der Waals surface area contributed by atoms with Crippen molar-refractivity contribution >= 4 is 11.6 Å². The highest BCUT2D eigenvalue weighted by Crippen LogP contribution is 2.36. The third-order valence-corrected chi connectivity index (χ3v) is 2.46. The monoisotopic (exact) mass is 232 g/mol. The van der Waals surface area contributed by atoms with E-state index < -0.39 is 0 Å². The van der Waals surface area contributed by atoms with Gasteiger partial charge < -0.3 is 20.3 Å². The van der Waals surface area contributed by atoms with Crippen molar-refractivity contribution in [3.8, 4) is 11.5 Å². The Morgan fingerprint density at radius 2 is 2.13 bits per heavy atom. The lowest BCUT2D eigenvalue weighted by Crippen LogP contribution is -2.80. The summed E-state index contributed by atoms with van der Waals surface area (Å²) < 4.78 is 5.24. The lowest BCUT2D eigenvalue weighted by molar-refractivity contribution is -0.635. The van der Waals surface area contributed by atoms with Gasteiger partial charge in [-0.05, 0) is 17.7 Å². The molecule has 5 heteroatoms. The van der Waals surface area contributed by atoms with Crippen LogP contribution in [0, 0.1) is 0 Å². The average Bonchev–Trinajstić information content (AvgIpc) is 2.22. The van der Waals surface area contributed by atoms with Crippen molar-refractivity contribution in [3.05, 3.63) is 22.7 Å². The minimum absolute atomic E-state index is 0.128. The number of rotatable bonds is 4. The number of quaternary nitrogens is 1. The number of halogens is 1. The minimum Gasteiger partial charge on any atom is -0.504 e. The highest BCUT2D eigenvalue weighted by atomic mass is 35.5. The van der Waals surface area contributed by atoms with E-state index in [1.165, 1.54) is 6.07 Å². The Morgan fingerprint density at radius 3 is 2.60 bits per heavy atom. The van der Waals surface area contributed by atoms with Crippen LogP contribution in [0.1, 0.15) is 11.7 Å². The number of nitrogens with two attached hydrogens (primary N) is 1. The van der Waals surface area contributed by atoms with Gasteiger partial charge in [0.15, 0.2) is 11.5 Å². The van der Waals surface area contributed by atoms with Gasteiger partial charge in [-0.15, -0.1) is 0 Å². The first-order valence-electron chi connectivity index (χ1n) is 4.62. The summed E-state index contributed by atoms with van der Waals surface area (Å²) in [5.74, 6) is -0.522. The summed E-state index contributed by atoms with van der Waals surface area (Å²) in [5.41, 5.74) is 0.746. The van der Waals surface area contributed by atoms with E-state index in [1.54, 1.807) is 13.2 Å². The molecular weight excluding hydrogens is 218 g/mol. The Hall–Kier alpha value is -0.970. The molecule has 0 amide bonds. The van der Waals surface area contributed by atoms with E-state index in [1.807, 2.05) is 12.4 Å². The summed E-state index contributed by atoms with van der Waals surface area (Å²) in [4.78, 5) is 0. The Kier molecular flexibility index (Phi) is 4.20. The fraction of sp³-hybridized carbons (Fsp3) is 0.400. The Morgan fingerprint density at radius 1 is 1.47 bits per heavy atom. The maximum Gasteiger partial charge on any atom is 0.176 e. The van der Waals surface area contributed by atoms with Gasteiger partial charge in [-0.1, -0.05) is 11.6 Å². The summed E-state index contributed by atoms with van der Waals surface area (Å²) in [6.07, 6.45) is -0.154. The van der Waals surface area contributed by atoms with Crippen molar-refractivity contribution in [1.82, 2.24) is 0 Å². The molecule has 1 aromatic carbocycles. The van der Waals surface area contributed by atoms with Crippen molar-refractivity contribution in [3.63, 3.8) is 0 Å². The highest BCUT2D eigenvalue weighted by Gasteiger charge is 2.16. The molecule has 0 aliphatic heterocycles. The van der Waals surface area contributed by atoms with E-state index in [0.29, 0.717) is 0 Å². The second-order valence-corrected chi connectivity index (χ2v) is 3.65. The van der Waals surface area contributed by atoms with Gasteiger partial charge in [0.05, 0.1) is 12.1 Å². The molecule has 0 aromatic heterocycles. The molecule has 4 N–H and O–H groups in total. The molecule has 1 atom stereocenters. The normalized spacial score (nSPS) is 12.7. The molecule has 0 heterocycles. The van der Waals surface area contributed by atoms with Crippen LogP contribution in [0.25, 0.3) is 0 Å². The van der Waals surface area contributed by atoms with Crippen LogP contribution < -0.4 is 5.32 Å². The van der Waals surface area contributed by atoms with Gasteiger partial charge in [0.25, 0.3) is 0 Å². The maximum atomic E-state index is 9.39. The van der Waals surface area contributed by atoms with Gasteiger partial charge in [0, 0.05) is 7.11 Å². The average molecular weight is 233 g/mol. The van der Waals surface area contributed by atoms with Gasteiger partial charge in [0.2, 0.25) is 0 Å². The number of ether oxygens (including phenoxy) is 1. The quantitative estimate of drug-likeness (QED) is 0.668. The first-order valence-corrected chi connectivity index (χ1v) is 5.00. The smallest absolute Gasteiger partial charge is 0.176 e. The Balaban J connectivity index is 3.03. The van der Waals surface area contributed by atoms with E-state index in [0.717, 1.165) is 12.1 Å². The van der Waals surface area contributed by atoms with Crippen LogP contribution in [-0.4, -0.2) is 30.9 Å². The highest BCUT2D eigenvalue weighted by molar-refractivity contribution is 6.32. The predicted molar refractivity (Wildman–Crippen MR) is 57.2 cm³/mol. The van der Waals surface area contributed by atoms with E-state index in [-0.39, 0.29) is 22.6 Å². The largest absolute Gasteiger partial charge is 0.504 e. The van der Waals surface area contributed by atoms with Crippen LogP contribution in [-0.2, 0) is 4.74 Å². The van der Waals surface area contributed by atoms with Crippen molar-refractivity contribution in [2.45, 2.75) is 6.10 Å². The molecule has 0 radical (unpaired) electrons. The van der Waals surface area contributed by atoms with Crippen LogP contribution in [0.3, 0.4) is 0 Å². The fourth-order valence-electron chi connectivity index (χ4n) is 1.37. The molecule has 84 valence electrons. The molecule has 0 spiro atoms. The summed E-state index contributed by atoms with van der Waals surface area (Å²) in [7, 11) is 3.51. The zero-order chi connectivity index (χ0) is 11.4. The molecule has 1 rings (SSSR count). The van der Waals surface area contributed by atoms with Gasteiger partial charge >= 0.3 is 0 Å². The van der Waals surface area contributed by atoms with Crippen LogP contribution in [0.2, 0.25) is 5.02 Å². The van der Waals surface area contributed by atoms with Crippen molar-refractivity contribution in [2.24, 2.45) is 0 Å². The molecule has 0 fully saturated rings. The number of benzene rings is 1. The molecule has 15 heavy (non-hydrogen) atoms. The summed E-state index contributed by atoms with van der Waals surface area (Å²) in [5, 5.41) is 20.8. The molecule has 1 aromatic rings. The summed E-state index contributed by atoms with van der Waals surface area (Å²) in [6.45, 7) is 0.719. The lowest BCUT2D eigenvalue weighted by Gasteiger charge is -2.14. The third-order valence-electron chi connectivity index (χ3n) is 2.17. The van der Waals surface area contributed by atoms with Crippen LogP contribution >= 0.6 is 11.6 Å². The second kappa shape index (κ2) is 5.21. The molecule has 1 unspecified atom stereocenters. The van der Waals surface area contributed by atoms with Gasteiger partial charge in [-0.2, -0.15) is 0 Å². The molecule has 4 nitrogen and oxygen atoms in total. The maximum absolute atomic E-state index is 9.39. The van der Waals surface area contributed by atoms with Gasteiger partial charge in [-0.25, -0.2) is 0 Å². The topological polar surface area (TPSA) is 66.3 Å². The number of hydrogen-bond acceptors (Lipinski definition) is 3. The van der Waals surface area contributed by atoms with E-state index in [4.69, 9.17) is 16.3 Å². The number of hydrogen-bond donors (Lipinski definition) is 3. The number of aromatic hydroxyl groups is 2. The standard InChI is InChI=1S/C10H14ClNO3/c1-12-5-9(15-2)6-3-7(11)10(14)8(13)4-6/h3-4,9,12-14H,5H2,1-2H3/p+1. The molecule has 0 aliphatic rings. The van der Waals surface area contributed by atoms with Gasteiger partial charge in [-0.3, -0.25) is 0 Å². The summed E-state index contributed by atoms with van der Waals surface area (Å²) in [6, 6.07) is 3.05. The second-order valence-electron chi connectivity index (χ2n) is 3.24. The minimum atomic E-state index is -0.296. The zero-order valence-electron chi connectivity index (χ0n) is 8.70. The number of likely N-dealkylation sites (N-methyl/N-ethyl adjacent to an activating group) is 1. The predicted octanol–water partition coefficient (Wildman–Crippen LogP) is 0.632. The number of methoxy groups -OCH3 is 1. The molecular formula is C10H15ClNO3+. The first kappa shape index (κ1) is 12.1. The van der Waals surface area contributed by atoms with Crippen LogP contribution in [0.4, 0.5) is 0 Å². The Bertz CT molecular complexity index is 320. The Labute approximate surface area is 93.4 Å². The number of phenols is 2. The van der Waals surface area contributed by atoms with Crippen molar-refractivity contribution in [1.29, 1.82) is 0 Å². The lowest BCUT2D eigenvalue weighted by atomic mass is 10.1. The summed E-state index contributed by atoms with van der Waals surface area (Å²) >= 11 is 5.74. The fourth-order valence-corrected chi connectivity index (χ4v) is 1.60. The molecule has 0 bridgehead atoms. The molecule has 0 aliphatic carbocycles. The van der Waals surface area contributed by atoms with Crippen molar-refractivity contribution in [2.75, 3.05) is 20.7 Å². The molecule has 0 saturated heterocycles. The van der Waals surface area contributed by atoms with Gasteiger partial charge in [0.1, 0.15) is 12.6 Å². The SMILES string of the molecule is C[NH2+]CC(OC)c1cc(O)c(O)c(Cl)c1. The van der Waals surface area contributed by atoms with E-state index in [9.17, 15) is 10.2 Å². The van der Waals surface area contributed by atoms with E-state index >= 15 is 0 Å². The first-order chi connectivity index (χ1) is 7.10. The number of phenolic OH excluding ortho intramolecular Hbond substituents is 2. The van der Waals surface area contributed by atoms with E-state index in [2.05, 4.69) is 0 Å². The van der Waals surface area contributed by atoms with Crippen molar-refractivity contribution < 1.29 is 20.3 Å². The zero-order valence-corrected chi connectivity index (χ0v) is 9.45. The third kappa shape index (κ3) is 2.75. The van der Waals surface area contributed by atoms with Crippen LogP contribution in [0.15, 0.2) is 12.1 Å². The van der Waals surface area contributed by atoms with Crippen LogP contribution in [0.5, 0.6) is 11.5 Å². The molecule has 0 saturated carbocycles.